The van der Waals surface area contributed by atoms with Crippen LogP contribution in [0.3, 0.4) is 0 Å². The molecule has 3 aromatic rings. The summed E-state index contributed by atoms with van der Waals surface area (Å²) in [5.41, 5.74) is 0.924. The molecule has 1 aromatic heterocycles. The summed E-state index contributed by atoms with van der Waals surface area (Å²) in [6, 6.07) is 6.89. The van der Waals surface area contributed by atoms with Crippen molar-refractivity contribution in [2.75, 3.05) is 0 Å². The van der Waals surface area contributed by atoms with E-state index in [9.17, 15) is 13.2 Å². The molecule has 132 valence electrons. The molecule has 0 saturated heterocycles. The van der Waals surface area contributed by atoms with Crippen molar-refractivity contribution in [3.63, 3.8) is 0 Å². The Balaban J connectivity index is 2.13. The van der Waals surface area contributed by atoms with Gasteiger partial charge in [-0.05, 0) is 31.2 Å². The molecule has 0 aliphatic carbocycles. The van der Waals surface area contributed by atoms with E-state index in [0.717, 1.165) is 18.2 Å². The van der Waals surface area contributed by atoms with Crippen molar-refractivity contribution < 1.29 is 17.9 Å². The minimum Gasteiger partial charge on any atom is -0.435 e. The summed E-state index contributed by atoms with van der Waals surface area (Å²) in [5, 5.41) is 13.1. The van der Waals surface area contributed by atoms with Gasteiger partial charge < -0.3 is 4.74 Å². The molecule has 0 N–H and O–H groups in total. The molecule has 0 spiro atoms. The Morgan fingerprint density at radius 3 is 2.54 bits per heavy atom. The van der Waals surface area contributed by atoms with Crippen LogP contribution in [0.25, 0.3) is 11.1 Å². The Morgan fingerprint density at radius 1 is 1.15 bits per heavy atom. The van der Waals surface area contributed by atoms with Crippen LogP contribution in [0.2, 0.25) is 5.02 Å². The van der Waals surface area contributed by atoms with Gasteiger partial charge in [-0.15, -0.1) is 0 Å². The van der Waals surface area contributed by atoms with Crippen LogP contribution < -0.4 is 4.74 Å². The molecule has 0 bridgehead atoms. The lowest BCUT2D eigenvalue weighted by atomic mass is 10.1. The first-order valence-electron chi connectivity index (χ1n) is 7.37. The highest BCUT2D eigenvalue weighted by Crippen LogP contribution is 2.40. The summed E-state index contributed by atoms with van der Waals surface area (Å²) in [7, 11) is 1.56. The van der Waals surface area contributed by atoms with Gasteiger partial charge in [0.25, 0.3) is 0 Å². The van der Waals surface area contributed by atoms with Gasteiger partial charge in [0, 0.05) is 18.7 Å². The number of halogens is 4. The highest BCUT2D eigenvalue weighted by molar-refractivity contribution is 6.33. The van der Waals surface area contributed by atoms with E-state index in [1.165, 1.54) is 16.8 Å². The van der Waals surface area contributed by atoms with Crippen LogP contribution in [0.5, 0.6) is 11.6 Å². The number of nitrogens with zero attached hydrogens (tertiary/aromatic N) is 3. The topological polar surface area (TPSA) is 50.8 Å². The number of hydrogen-bond acceptors (Lipinski definition) is 3. The minimum absolute atomic E-state index is 0.0963. The number of benzene rings is 2. The van der Waals surface area contributed by atoms with Crippen molar-refractivity contribution in [3.8, 4) is 28.8 Å². The maximum absolute atomic E-state index is 14.2. The lowest BCUT2D eigenvalue weighted by molar-refractivity contribution is 0.401. The average Bonchev–Trinajstić information content (AvgIpc) is 2.84. The lowest BCUT2D eigenvalue weighted by Crippen LogP contribution is -1.99. The second kappa shape index (κ2) is 6.73. The monoisotopic (exact) mass is 377 g/mol. The number of hydrogen-bond donors (Lipinski definition) is 0. The van der Waals surface area contributed by atoms with Crippen LogP contribution in [-0.2, 0) is 7.05 Å². The molecule has 26 heavy (non-hydrogen) atoms. The molecule has 0 amide bonds. The molecule has 3 rings (SSSR count). The molecule has 8 heteroatoms. The maximum atomic E-state index is 14.2. The highest BCUT2D eigenvalue weighted by Gasteiger charge is 2.22. The quantitative estimate of drug-likeness (QED) is 0.635. The van der Waals surface area contributed by atoms with E-state index in [0.29, 0.717) is 16.8 Å². The molecule has 0 unspecified atom stereocenters. The number of ether oxygens (including phenoxy) is 1. The van der Waals surface area contributed by atoms with E-state index < -0.39 is 28.8 Å². The van der Waals surface area contributed by atoms with Crippen LogP contribution in [-0.4, -0.2) is 9.78 Å². The summed E-state index contributed by atoms with van der Waals surface area (Å²) in [5.74, 6) is -2.65. The molecule has 0 aliphatic rings. The van der Waals surface area contributed by atoms with E-state index in [2.05, 4.69) is 5.10 Å². The SMILES string of the molecule is Cc1nn(C)c(Oc2cc(F)c(C#N)cc2F)c1-c1ccc(F)cc1Cl. The van der Waals surface area contributed by atoms with Crippen molar-refractivity contribution in [2.24, 2.45) is 7.05 Å². The first-order chi connectivity index (χ1) is 12.3. The van der Waals surface area contributed by atoms with Crippen LogP contribution in [0, 0.1) is 35.7 Å². The summed E-state index contributed by atoms with van der Waals surface area (Å²) >= 11 is 6.11. The van der Waals surface area contributed by atoms with Gasteiger partial charge in [-0.2, -0.15) is 10.4 Å². The molecule has 0 radical (unpaired) electrons. The first kappa shape index (κ1) is 17.8. The fourth-order valence-electron chi connectivity index (χ4n) is 2.55. The summed E-state index contributed by atoms with van der Waals surface area (Å²) in [6.45, 7) is 1.68. The van der Waals surface area contributed by atoms with E-state index in [4.69, 9.17) is 21.6 Å². The predicted molar refractivity (Wildman–Crippen MR) is 89.5 cm³/mol. The van der Waals surface area contributed by atoms with Gasteiger partial charge >= 0.3 is 0 Å². The van der Waals surface area contributed by atoms with Crippen molar-refractivity contribution in [3.05, 3.63) is 64.1 Å². The zero-order valence-corrected chi connectivity index (χ0v) is 14.4. The van der Waals surface area contributed by atoms with Gasteiger partial charge in [0.1, 0.15) is 17.7 Å². The third kappa shape index (κ3) is 3.11. The molecule has 4 nitrogen and oxygen atoms in total. The van der Waals surface area contributed by atoms with Crippen LogP contribution in [0.1, 0.15) is 11.3 Å². The van der Waals surface area contributed by atoms with Gasteiger partial charge in [0.05, 0.1) is 21.8 Å². The third-order valence-corrected chi connectivity index (χ3v) is 4.03. The van der Waals surface area contributed by atoms with Crippen LogP contribution in [0.4, 0.5) is 13.2 Å². The maximum Gasteiger partial charge on any atom is 0.225 e. The van der Waals surface area contributed by atoms with Crippen molar-refractivity contribution in [1.82, 2.24) is 9.78 Å². The molecule has 0 fully saturated rings. The summed E-state index contributed by atoms with van der Waals surface area (Å²) in [6.07, 6.45) is 0. The van der Waals surface area contributed by atoms with Gasteiger partial charge in [-0.3, -0.25) is 0 Å². The zero-order chi connectivity index (χ0) is 19.0. The standard InChI is InChI=1S/C18H11ClF3N3O/c1-9-17(12-4-3-11(20)6-13(12)19)18(25(2)24-9)26-16-7-14(21)10(8-23)5-15(16)22/h3-7H,1-2H3. The highest BCUT2D eigenvalue weighted by atomic mass is 35.5. The largest absolute Gasteiger partial charge is 0.435 e. The second-order valence-corrected chi connectivity index (χ2v) is 5.90. The Morgan fingerprint density at radius 2 is 1.88 bits per heavy atom. The number of nitriles is 1. The smallest absolute Gasteiger partial charge is 0.225 e. The Labute approximate surface area is 152 Å². The number of rotatable bonds is 3. The zero-order valence-electron chi connectivity index (χ0n) is 13.6. The molecular formula is C18H11ClF3N3O. The molecule has 0 saturated carbocycles. The van der Waals surface area contributed by atoms with Crippen molar-refractivity contribution in [1.29, 1.82) is 5.26 Å². The van der Waals surface area contributed by atoms with Crippen LogP contribution in [0.15, 0.2) is 30.3 Å². The van der Waals surface area contributed by atoms with Crippen molar-refractivity contribution in [2.45, 2.75) is 6.92 Å². The Bertz CT molecular complexity index is 1060. The van der Waals surface area contributed by atoms with Gasteiger partial charge in [0.2, 0.25) is 5.88 Å². The fourth-order valence-corrected chi connectivity index (χ4v) is 2.81. The minimum atomic E-state index is -0.913. The van der Waals surface area contributed by atoms with Gasteiger partial charge in [0.15, 0.2) is 11.6 Å². The van der Waals surface area contributed by atoms with Gasteiger partial charge in [-0.25, -0.2) is 17.9 Å². The first-order valence-corrected chi connectivity index (χ1v) is 7.75. The lowest BCUT2D eigenvalue weighted by Gasteiger charge is -2.11. The molecule has 0 atom stereocenters. The second-order valence-electron chi connectivity index (χ2n) is 5.49. The van der Waals surface area contributed by atoms with E-state index >= 15 is 0 Å². The van der Waals surface area contributed by atoms with E-state index in [-0.39, 0.29) is 10.9 Å². The number of aromatic nitrogens is 2. The fraction of sp³-hybridized carbons (Fsp3) is 0.111. The summed E-state index contributed by atoms with van der Waals surface area (Å²) < 4.78 is 48.2. The molecular weight excluding hydrogens is 367 g/mol. The molecule has 2 aromatic carbocycles. The van der Waals surface area contributed by atoms with E-state index in [1.54, 1.807) is 20.0 Å². The van der Waals surface area contributed by atoms with E-state index in [1.807, 2.05) is 0 Å². The Hall–Kier alpha value is -2.98. The molecule has 0 aliphatic heterocycles. The summed E-state index contributed by atoms with van der Waals surface area (Å²) in [4.78, 5) is 0. The Kier molecular flexibility index (Phi) is 4.62. The molecule has 1 heterocycles. The third-order valence-electron chi connectivity index (χ3n) is 3.72. The number of aryl methyl sites for hydroxylation is 2. The predicted octanol–water partition coefficient (Wildman–Crippen LogP) is 5.13. The van der Waals surface area contributed by atoms with Crippen LogP contribution >= 0.6 is 11.6 Å². The average molecular weight is 378 g/mol. The normalized spacial score (nSPS) is 10.7. The van der Waals surface area contributed by atoms with Crippen molar-refractivity contribution >= 4 is 11.6 Å². The van der Waals surface area contributed by atoms with Gasteiger partial charge in [-0.1, -0.05) is 11.6 Å².